The molecule has 24 heavy (non-hydrogen) atoms. The molecule has 2 aromatic carbocycles. The number of rotatable bonds is 1. The lowest BCUT2D eigenvalue weighted by Crippen LogP contribution is -2.36. The van der Waals surface area contributed by atoms with Crippen molar-refractivity contribution in [1.29, 1.82) is 0 Å². The third-order valence-electron chi connectivity index (χ3n) is 3.51. The molecule has 0 unspecified atom stereocenters. The predicted octanol–water partition coefficient (Wildman–Crippen LogP) is 3.39. The zero-order chi connectivity index (χ0) is 17.6. The van der Waals surface area contributed by atoms with Gasteiger partial charge in [0.05, 0.1) is 30.2 Å². The average molecular weight is 339 g/mol. The second kappa shape index (κ2) is 7.92. The van der Waals surface area contributed by atoms with Crippen molar-refractivity contribution in [3.8, 4) is 0 Å². The van der Waals surface area contributed by atoms with Crippen LogP contribution in [0.15, 0.2) is 48.5 Å². The minimum Gasteiger partial charge on any atom is -0.399 e. The fourth-order valence-electron chi connectivity index (χ4n) is 2.28. The highest BCUT2D eigenvalue weighted by molar-refractivity contribution is 5.68. The maximum Gasteiger partial charge on any atom is 0.416 e. The van der Waals surface area contributed by atoms with E-state index in [1.54, 1.807) is 0 Å². The lowest BCUT2D eigenvalue weighted by atomic mass is 10.1. The fourth-order valence-corrected chi connectivity index (χ4v) is 2.28. The molecular formula is C17H20F3N3O. The van der Waals surface area contributed by atoms with Gasteiger partial charge in [0, 0.05) is 18.8 Å². The molecule has 2 aromatic rings. The maximum absolute atomic E-state index is 12.5. The second-order valence-corrected chi connectivity index (χ2v) is 5.28. The van der Waals surface area contributed by atoms with Crippen molar-refractivity contribution >= 4 is 17.1 Å². The Bertz CT molecular complexity index is 641. The van der Waals surface area contributed by atoms with Crippen molar-refractivity contribution in [1.82, 2.24) is 0 Å². The lowest BCUT2D eigenvalue weighted by Gasteiger charge is -2.30. The van der Waals surface area contributed by atoms with Crippen LogP contribution in [0.25, 0.3) is 0 Å². The van der Waals surface area contributed by atoms with Gasteiger partial charge in [0.25, 0.3) is 0 Å². The fraction of sp³-hybridized carbons (Fsp3) is 0.294. The van der Waals surface area contributed by atoms with Gasteiger partial charge >= 0.3 is 6.18 Å². The van der Waals surface area contributed by atoms with Crippen LogP contribution in [-0.4, -0.2) is 26.3 Å². The molecule has 4 nitrogen and oxygen atoms in total. The number of alkyl halides is 3. The van der Waals surface area contributed by atoms with Gasteiger partial charge in [-0.15, -0.1) is 0 Å². The van der Waals surface area contributed by atoms with Gasteiger partial charge in [-0.25, -0.2) is 0 Å². The third-order valence-corrected chi connectivity index (χ3v) is 3.51. The Morgan fingerprint density at radius 3 is 2.00 bits per heavy atom. The molecule has 1 heterocycles. The van der Waals surface area contributed by atoms with Gasteiger partial charge in [0.15, 0.2) is 0 Å². The number of ether oxygens (including phenoxy) is 1. The molecule has 4 N–H and O–H groups in total. The molecule has 1 saturated heterocycles. The summed E-state index contributed by atoms with van der Waals surface area (Å²) in [5.74, 6) is 0. The number of anilines is 3. The molecule has 1 fully saturated rings. The van der Waals surface area contributed by atoms with E-state index in [9.17, 15) is 13.2 Å². The predicted molar refractivity (Wildman–Crippen MR) is 89.7 cm³/mol. The number of hydrogen-bond donors (Lipinski definition) is 2. The summed E-state index contributed by atoms with van der Waals surface area (Å²) in [6.07, 6.45) is -4.35. The van der Waals surface area contributed by atoms with Crippen molar-refractivity contribution in [2.75, 3.05) is 42.7 Å². The monoisotopic (exact) mass is 339 g/mol. The van der Waals surface area contributed by atoms with Crippen LogP contribution in [0.3, 0.4) is 0 Å². The molecule has 0 radical (unpaired) electrons. The Morgan fingerprint density at radius 2 is 1.54 bits per heavy atom. The van der Waals surface area contributed by atoms with Crippen molar-refractivity contribution in [3.05, 3.63) is 54.1 Å². The lowest BCUT2D eigenvalue weighted by molar-refractivity contribution is -0.137. The highest BCUT2D eigenvalue weighted by Gasteiger charge is 2.31. The summed E-state index contributed by atoms with van der Waals surface area (Å²) in [6.45, 7) is 2.44. The number of para-hydroxylation sites is 1. The molecule has 0 saturated carbocycles. The molecule has 0 aromatic heterocycles. The first-order valence-corrected chi connectivity index (χ1v) is 7.48. The highest BCUT2D eigenvalue weighted by Crippen LogP contribution is 2.34. The summed E-state index contributed by atoms with van der Waals surface area (Å²) in [7, 11) is 0. The minimum atomic E-state index is -4.35. The molecule has 7 heteroatoms. The number of benzene rings is 2. The smallest absolute Gasteiger partial charge is 0.399 e. The zero-order valence-electron chi connectivity index (χ0n) is 13.1. The van der Waals surface area contributed by atoms with E-state index in [0.29, 0.717) is 32.0 Å². The molecule has 1 aliphatic heterocycles. The van der Waals surface area contributed by atoms with Crippen LogP contribution in [0.1, 0.15) is 5.56 Å². The number of nitrogens with two attached hydrogens (primary N) is 2. The minimum absolute atomic E-state index is 0.154. The Kier molecular flexibility index (Phi) is 5.92. The van der Waals surface area contributed by atoms with E-state index in [2.05, 4.69) is 0 Å². The van der Waals surface area contributed by atoms with E-state index in [-0.39, 0.29) is 5.69 Å². The summed E-state index contributed by atoms with van der Waals surface area (Å²) in [6, 6.07) is 12.9. The average Bonchev–Trinajstić information content (AvgIpc) is 2.56. The molecule has 3 rings (SSSR count). The highest BCUT2D eigenvalue weighted by atomic mass is 19.4. The normalized spacial score (nSPS) is 14.7. The number of morpholine rings is 1. The number of halogens is 3. The first kappa shape index (κ1) is 17.9. The Morgan fingerprint density at radius 1 is 0.917 bits per heavy atom. The van der Waals surface area contributed by atoms with Crippen molar-refractivity contribution in [3.63, 3.8) is 0 Å². The van der Waals surface area contributed by atoms with Gasteiger partial charge in [-0.2, -0.15) is 13.2 Å². The van der Waals surface area contributed by atoms with E-state index in [1.807, 2.05) is 35.2 Å². The maximum atomic E-state index is 12.5. The molecule has 0 bridgehead atoms. The van der Waals surface area contributed by atoms with Gasteiger partial charge < -0.3 is 21.1 Å². The Balaban J connectivity index is 0.000000249. The molecular weight excluding hydrogens is 319 g/mol. The van der Waals surface area contributed by atoms with Crippen molar-refractivity contribution in [2.24, 2.45) is 0 Å². The van der Waals surface area contributed by atoms with E-state index in [4.69, 9.17) is 16.2 Å². The first-order chi connectivity index (χ1) is 11.4. The van der Waals surface area contributed by atoms with E-state index in [0.717, 1.165) is 17.8 Å². The number of nitrogen functional groups attached to an aromatic ring is 2. The van der Waals surface area contributed by atoms with Gasteiger partial charge in [-0.3, -0.25) is 0 Å². The SMILES string of the molecule is Nc1cc(C(F)(F)F)ccc1N1CCOCC1.Nc1ccccc1. The Hall–Kier alpha value is -2.41. The number of nitrogens with zero attached hydrogens (tertiary/aromatic N) is 1. The molecule has 0 aliphatic carbocycles. The summed E-state index contributed by atoms with van der Waals surface area (Å²) in [5.41, 5.74) is 11.9. The number of hydrogen-bond acceptors (Lipinski definition) is 4. The van der Waals surface area contributed by atoms with Crippen molar-refractivity contribution in [2.45, 2.75) is 6.18 Å². The second-order valence-electron chi connectivity index (χ2n) is 5.28. The quantitative estimate of drug-likeness (QED) is 0.782. The van der Waals surface area contributed by atoms with E-state index < -0.39 is 11.7 Å². The molecule has 0 atom stereocenters. The van der Waals surface area contributed by atoms with Gasteiger partial charge in [-0.05, 0) is 30.3 Å². The van der Waals surface area contributed by atoms with Gasteiger partial charge in [0.2, 0.25) is 0 Å². The van der Waals surface area contributed by atoms with Crippen molar-refractivity contribution < 1.29 is 17.9 Å². The van der Waals surface area contributed by atoms with Crippen LogP contribution in [-0.2, 0) is 10.9 Å². The third kappa shape index (κ3) is 5.06. The van der Waals surface area contributed by atoms with E-state index >= 15 is 0 Å². The van der Waals surface area contributed by atoms with Crippen LogP contribution in [0.4, 0.5) is 30.2 Å². The van der Waals surface area contributed by atoms with Crippen LogP contribution in [0, 0.1) is 0 Å². The zero-order valence-corrected chi connectivity index (χ0v) is 13.1. The summed E-state index contributed by atoms with van der Waals surface area (Å²) < 4.78 is 42.5. The van der Waals surface area contributed by atoms with Crippen LogP contribution in [0.2, 0.25) is 0 Å². The summed E-state index contributed by atoms with van der Waals surface area (Å²) in [5, 5.41) is 0. The van der Waals surface area contributed by atoms with Gasteiger partial charge in [-0.1, -0.05) is 18.2 Å². The largest absolute Gasteiger partial charge is 0.416 e. The standard InChI is InChI=1S/C11H13F3N2O.C6H7N/c12-11(13,14)8-1-2-10(9(15)7-8)16-3-5-17-6-4-16;7-6-4-2-1-3-5-6/h1-2,7H,3-6,15H2;1-5H,7H2. The molecule has 130 valence electrons. The van der Waals surface area contributed by atoms with E-state index in [1.165, 1.54) is 6.07 Å². The summed E-state index contributed by atoms with van der Waals surface area (Å²) in [4.78, 5) is 1.93. The summed E-state index contributed by atoms with van der Waals surface area (Å²) >= 11 is 0. The Labute approximate surface area is 138 Å². The van der Waals surface area contributed by atoms with Crippen LogP contribution in [0.5, 0.6) is 0 Å². The topological polar surface area (TPSA) is 64.5 Å². The first-order valence-electron chi connectivity index (χ1n) is 7.48. The van der Waals surface area contributed by atoms with Crippen LogP contribution >= 0.6 is 0 Å². The van der Waals surface area contributed by atoms with Gasteiger partial charge in [0.1, 0.15) is 0 Å². The molecule has 1 aliphatic rings. The molecule has 0 amide bonds. The van der Waals surface area contributed by atoms with Crippen LogP contribution < -0.4 is 16.4 Å². The molecule has 0 spiro atoms.